The van der Waals surface area contributed by atoms with Crippen LogP contribution < -0.4 is 5.73 Å². The van der Waals surface area contributed by atoms with Crippen molar-refractivity contribution < 1.29 is 4.79 Å². The van der Waals surface area contributed by atoms with Gasteiger partial charge in [0.05, 0.1) is 0 Å². The van der Waals surface area contributed by atoms with E-state index in [-0.39, 0.29) is 5.91 Å². The molecule has 0 aliphatic carbocycles. The van der Waals surface area contributed by atoms with Gasteiger partial charge < -0.3 is 10.6 Å². The van der Waals surface area contributed by atoms with Crippen molar-refractivity contribution in [2.24, 2.45) is 5.73 Å². The second-order valence-corrected chi connectivity index (χ2v) is 3.84. The van der Waals surface area contributed by atoms with Gasteiger partial charge in [0, 0.05) is 25.2 Å². The maximum atomic E-state index is 12.1. The first-order chi connectivity index (χ1) is 7.33. The Kier molecular flexibility index (Phi) is 3.02. The quantitative estimate of drug-likeness (QED) is 0.782. The van der Waals surface area contributed by atoms with E-state index in [0.717, 1.165) is 24.9 Å². The molecular formula is C12H16N2O. The summed E-state index contributed by atoms with van der Waals surface area (Å²) in [5, 5.41) is 0. The molecule has 1 aliphatic heterocycles. The number of rotatable bonds is 2. The monoisotopic (exact) mass is 204 g/mol. The van der Waals surface area contributed by atoms with E-state index < -0.39 is 0 Å². The Hall–Kier alpha value is -1.35. The van der Waals surface area contributed by atoms with E-state index in [1.165, 1.54) is 5.56 Å². The molecule has 0 aromatic heterocycles. The topological polar surface area (TPSA) is 46.3 Å². The number of carbonyl (C=O) groups is 1. The maximum absolute atomic E-state index is 12.1. The Bertz CT molecular complexity index is 362. The Balaban J connectivity index is 2.30. The van der Waals surface area contributed by atoms with Crippen molar-refractivity contribution in [3.05, 3.63) is 35.4 Å². The number of aryl methyl sites for hydroxylation is 1. The summed E-state index contributed by atoms with van der Waals surface area (Å²) in [5.74, 6) is 0.133. The van der Waals surface area contributed by atoms with E-state index in [2.05, 4.69) is 0 Å². The minimum atomic E-state index is 0.133. The fourth-order valence-corrected chi connectivity index (χ4v) is 2.05. The van der Waals surface area contributed by atoms with E-state index >= 15 is 0 Å². The van der Waals surface area contributed by atoms with Gasteiger partial charge in [0.15, 0.2) is 0 Å². The van der Waals surface area contributed by atoms with Crippen molar-refractivity contribution in [1.82, 2.24) is 4.90 Å². The molecule has 1 aliphatic rings. The summed E-state index contributed by atoms with van der Waals surface area (Å²) in [7, 11) is 0. The predicted molar refractivity (Wildman–Crippen MR) is 59.7 cm³/mol. The van der Waals surface area contributed by atoms with Gasteiger partial charge in [0.1, 0.15) is 0 Å². The summed E-state index contributed by atoms with van der Waals surface area (Å²) in [6.45, 7) is 2.02. The van der Waals surface area contributed by atoms with Crippen LogP contribution in [0.3, 0.4) is 0 Å². The summed E-state index contributed by atoms with van der Waals surface area (Å²) < 4.78 is 0. The lowest BCUT2D eigenvalue weighted by Gasteiger charge is -2.19. The van der Waals surface area contributed by atoms with Crippen molar-refractivity contribution in [2.45, 2.75) is 12.8 Å². The third kappa shape index (κ3) is 2.02. The number of nitrogens with two attached hydrogens (primary N) is 1. The van der Waals surface area contributed by atoms with E-state index in [1.807, 2.05) is 29.2 Å². The van der Waals surface area contributed by atoms with E-state index in [4.69, 9.17) is 5.73 Å². The molecule has 2 rings (SSSR count). The number of amides is 1. The number of nitrogens with zero attached hydrogens (tertiary/aromatic N) is 1. The number of benzene rings is 1. The minimum absolute atomic E-state index is 0.133. The third-order valence-electron chi connectivity index (χ3n) is 2.81. The largest absolute Gasteiger partial charge is 0.337 e. The van der Waals surface area contributed by atoms with Gasteiger partial charge in [-0.3, -0.25) is 4.79 Å². The molecule has 3 nitrogen and oxygen atoms in total. The second-order valence-electron chi connectivity index (χ2n) is 3.84. The molecule has 0 atom stereocenters. The molecule has 0 saturated carbocycles. The smallest absolute Gasteiger partial charge is 0.254 e. The van der Waals surface area contributed by atoms with Gasteiger partial charge in [-0.15, -0.1) is 0 Å². The number of hydrogen-bond acceptors (Lipinski definition) is 2. The zero-order chi connectivity index (χ0) is 10.7. The standard InChI is InChI=1S/C12H16N2O/c13-7-9-14-8-3-5-10-4-1-2-6-11(10)12(14)15/h1-2,4,6H,3,5,7-9,13H2. The lowest BCUT2D eigenvalue weighted by Crippen LogP contribution is -2.35. The molecule has 3 heteroatoms. The number of carbonyl (C=O) groups excluding carboxylic acids is 1. The summed E-state index contributed by atoms with van der Waals surface area (Å²) in [6, 6.07) is 7.86. The van der Waals surface area contributed by atoms with Crippen LogP contribution >= 0.6 is 0 Å². The van der Waals surface area contributed by atoms with Crippen LogP contribution in [0.25, 0.3) is 0 Å². The lowest BCUT2D eigenvalue weighted by atomic mass is 10.0. The van der Waals surface area contributed by atoms with Crippen LogP contribution in [0.1, 0.15) is 22.3 Å². The Labute approximate surface area is 89.9 Å². The molecule has 1 aromatic rings. The lowest BCUT2D eigenvalue weighted by molar-refractivity contribution is 0.0766. The molecule has 0 unspecified atom stereocenters. The van der Waals surface area contributed by atoms with Gasteiger partial charge in [-0.1, -0.05) is 18.2 Å². The van der Waals surface area contributed by atoms with Crippen LogP contribution in [0.5, 0.6) is 0 Å². The zero-order valence-corrected chi connectivity index (χ0v) is 8.78. The predicted octanol–water partition coefficient (Wildman–Crippen LogP) is 1.03. The van der Waals surface area contributed by atoms with Crippen LogP contribution in [0.4, 0.5) is 0 Å². The fraction of sp³-hybridized carbons (Fsp3) is 0.417. The normalized spacial score (nSPS) is 16.1. The van der Waals surface area contributed by atoms with Gasteiger partial charge in [0.25, 0.3) is 5.91 Å². The maximum Gasteiger partial charge on any atom is 0.254 e. The molecule has 0 saturated heterocycles. The van der Waals surface area contributed by atoms with Crippen molar-refractivity contribution in [2.75, 3.05) is 19.6 Å². The molecule has 2 N–H and O–H groups in total. The molecule has 0 bridgehead atoms. The fourth-order valence-electron chi connectivity index (χ4n) is 2.05. The summed E-state index contributed by atoms with van der Waals surface area (Å²) in [5.41, 5.74) is 7.52. The van der Waals surface area contributed by atoms with Gasteiger partial charge >= 0.3 is 0 Å². The summed E-state index contributed by atoms with van der Waals surface area (Å²) in [6.07, 6.45) is 2.02. The van der Waals surface area contributed by atoms with Gasteiger partial charge in [0.2, 0.25) is 0 Å². The molecule has 0 fully saturated rings. The first-order valence-corrected chi connectivity index (χ1v) is 5.40. The molecule has 0 spiro atoms. The molecular weight excluding hydrogens is 188 g/mol. The van der Waals surface area contributed by atoms with Crippen LogP contribution in [0, 0.1) is 0 Å². The zero-order valence-electron chi connectivity index (χ0n) is 8.78. The van der Waals surface area contributed by atoms with Crippen molar-refractivity contribution in [3.63, 3.8) is 0 Å². The Morgan fingerprint density at radius 1 is 1.33 bits per heavy atom. The van der Waals surface area contributed by atoms with Crippen molar-refractivity contribution in [3.8, 4) is 0 Å². The molecule has 80 valence electrons. The highest BCUT2D eigenvalue weighted by atomic mass is 16.2. The van der Waals surface area contributed by atoms with Gasteiger partial charge in [-0.2, -0.15) is 0 Å². The molecule has 0 radical (unpaired) electrons. The number of fused-ring (bicyclic) bond motifs is 1. The molecule has 15 heavy (non-hydrogen) atoms. The molecule has 1 amide bonds. The SMILES string of the molecule is NCCN1CCCc2ccccc2C1=O. The second kappa shape index (κ2) is 4.45. The first kappa shape index (κ1) is 10.2. The molecule has 1 aromatic carbocycles. The van der Waals surface area contributed by atoms with Crippen molar-refractivity contribution in [1.29, 1.82) is 0 Å². The van der Waals surface area contributed by atoms with Crippen LogP contribution in [0.2, 0.25) is 0 Å². The van der Waals surface area contributed by atoms with E-state index in [0.29, 0.717) is 13.1 Å². The summed E-state index contributed by atoms with van der Waals surface area (Å²) >= 11 is 0. The Morgan fingerprint density at radius 2 is 2.13 bits per heavy atom. The van der Waals surface area contributed by atoms with Gasteiger partial charge in [-0.05, 0) is 24.5 Å². The molecule has 1 heterocycles. The average Bonchev–Trinajstić information content (AvgIpc) is 2.41. The average molecular weight is 204 g/mol. The third-order valence-corrected chi connectivity index (χ3v) is 2.81. The van der Waals surface area contributed by atoms with Crippen molar-refractivity contribution >= 4 is 5.91 Å². The van der Waals surface area contributed by atoms with Crippen LogP contribution in [0.15, 0.2) is 24.3 Å². The minimum Gasteiger partial charge on any atom is -0.337 e. The number of hydrogen-bond donors (Lipinski definition) is 1. The highest BCUT2D eigenvalue weighted by Crippen LogP contribution is 2.17. The van der Waals surface area contributed by atoms with Gasteiger partial charge in [-0.25, -0.2) is 0 Å². The van der Waals surface area contributed by atoms with E-state index in [1.54, 1.807) is 0 Å². The summed E-state index contributed by atoms with van der Waals surface area (Å²) in [4.78, 5) is 14.0. The highest BCUT2D eigenvalue weighted by Gasteiger charge is 2.20. The van der Waals surface area contributed by atoms with E-state index in [9.17, 15) is 4.79 Å². The highest BCUT2D eigenvalue weighted by molar-refractivity contribution is 5.96. The first-order valence-electron chi connectivity index (χ1n) is 5.40. The van der Waals surface area contributed by atoms with Crippen LogP contribution in [-0.2, 0) is 6.42 Å². The van der Waals surface area contributed by atoms with Crippen LogP contribution in [-0.4, -0.2) is 30.4 Å². The Morgan fingerprint density at radius 3 is 2.93 bits per heavy atom.